The number of primary amides is 1. The van der Waals surface area contributed by atoms with E-state index in [0.29, 0.717) is 23.7 Å². The number of nitrogens with two attached hydrogens (primary N) is 1. The third kappa shape index (κ3) is 2.68. The van der Waals surface area contributed by atoms with Gasteiger partial charge in [0, 0.05) is 17.8 Å². The van der Waals surface area contributed by atoms with E-state index in [0.717, 1.165) is 6.54 Å². The normalized spacial score (nSPS) is 22.7. The lowest BCUT2D eigenvalue weighted by molar-refractivity contribution is -0.120. The molecule has 1 aliphatic rings. The first-order valence-corrected chi connectivity index (χ1v) is 5.99. The monoisotopic (exact) mass is 247 g/mol. The van der Waals surface area contributed by atoms with Crippen molar-refractivity contribution < 1.29 is 9.59 Å². The fourth-order valence-corrected chi connectivity index (χ4v) is 2.11. The molecule has 0 aliphatic carbocycles. The molecule has 2 amide bonds. The number of hydrogen-bond donors (Lipinski definition) is 3. The maximum atomic E-state index is 12.0. The molecule has 0 radical (unpaired) electrons. The van der Waals surface area contributed by atoms with E-state index in [2.05, 4.69) is 17.6 Å². The van der Waals surface area contributed by atoms with Crippen molar-refractivity contribution in [1.29, 1.82) is 0 Å². The van der Waals surface area contributed by atoms with E-state index in [9.17, 15) is 9.59 Å². The molecule has 5 nitrogen and oxygen atoms in total. The Labute approximate surface area is 106 Å². The van der Waals surface area contributed by atoms with Crippen LogP contribution in [0.15, 0.2) is 24.3 Å². The summed E-state index contributed by atoms with van der Waals surface area (Å²) in [6, 6.07) is 6.58. The predicted octanol–water partition coefficient (Wildman–Crippen LogP) is 0.580. The molecule has 1 fully saturated rings. The first-order chi connectivity index (χ1) is 8.58. The van der Waals surface area contributed by atoms with Crippen LogP contribution in [0.1, 0.15) is 17.3 Å². The van der Waals surface area contributed by atoms with Crippen molar-refractivity contribution in [1.82, 2.24) is 5.32 Å². The minimum absolute atomic E-state index is 0.000756. The molecule has 0 spiro atoms. The zero-order valence-corrected chi connectivity index (χ0v) is 10.3. The summed E-state index contributed by atoms with van der Waals surface area (Å²) in [5.41, 5.74) is 6.27. The van der Waals surface area contributed by atoms with E-state index in [-0.39, 0.29) is 11.8 Å². The van der Waals surface area contributed by atoms with Crippen molar-refractivity contribution in [2.75, 3.05) is 18.4 Å². The van der Waals surface area contributed by atoms with Gasteiger partial charge in [0.2, 0.25) is 11.8 Å². The van der Waals surface area contributed by atoms with Gasteiger partial charge in [0.1, 0.15) is 0 Å². The molecular formula is C13H17N3O2. The van der Waals surface area contributed by atoms with Crippen molar-refractivity contribution >= 4 is 17.5 Å². The van der Waals surface area contributed by atoms with E-state index in [1.807, 2.05) is 0 Å². The number of carbonyl (C=O) groups is 2. The molecule has 2 unspecified atom stereocenters. The Hall–Kier alpha value is -1.88. The first-order valence-electron chi connectivity index (χ1n) is 5.99. The van der Waals surface area contributed by atoms with E-state index in [4.69, 9.17) is 5.73 Å². The van der Waals surface area contributed by atoms with Crippen LogP contribution < -0.4 is 16.4 Å². The van der Waals surface area contributed by atoms with Crippen LogP contribution in [-0.4, -0.2) is 24.9 Å². The summed E-state index contributed by atoms with van der Waals surface area (Å²) in [5.74, 6) is -0.114. The van der Waals surface area contributed by atoms with Crippen molar-refractivity contribution in [3.63, 3.8) is 0 Å². The van der Waals surface area contributed by atoms with Gasteiger partial charge >= 0.3 is 0 Å². The van der Waals surface area contributed by atoms with Gasteiger partial charge in [-0.25, -0.2) is 0 Å². The molecule has 96 valence electrons. The highest BCUT2D eigenvalue weighted by Crippen LogP contribution is 2.18. The second kappa shape index (κ2) is 5.18. The molecule has 1 aromatic carbocycles. The van der Waals surface area contributed by atoms with E-state index in [1.54, 1.807) is 24.3 Å². The molecule has 1 aromatic rings. The molecule has 5 heteroatoms. The lowest BCUT2D eigenvalue weighted by Gasteiger charge is -2.14. The molecule has 0 saturated carbocycles. The zero-order valence-electron chi connectivity index (χ0n) is 10.3. The highest BCUT2D eigenvalue weighted by molar-refractivity contribution is 5.95. The quantitative estimate of drug-likeness (QED) is 0.730. The highest BCUT2D eigenvalue weighted by atomic mass is 16.2. The summed E-state index contributed by atoms with van der Waals surface area (Å²) in [7, 11) is 0. The van der Waals surface area contributed by atoms with Crippen molar-refractivity contribution in [2.45, 2.75) is 6.92 Å². The Morgan fingerprint density at radius 3 is 2.44 bits per heavy atom. The molecule has 0 bridgehead atoms. The molecule has 1 aliphatic heterocycles. The standard InChI is InChI=1S/C13H17N3O2/c1-8-6-15-7-11(8)13(18)16-10-4-2-9(3-5-10)12(14)17/h2-5,8,11,15H,6-7H2,1H3,(H2,14,17)(H,16,18). The average Bonchev–Trinajstić information content (AvgIpc) is 2.76. The van der Waals surface area contributed by atoms with Crippen LogP contribution in [0.25, 0.3) is 0 Å². The zero-order chi connectivity index (χ0) is 13.1. The molecular weight excluding hydrogens is 230 g/mol. The number of benzene rings is 1. The Morgan fingerprint density at radius 1 is 1.28 bits per heavy atom. The van der Waals surface area contributed by atoms with Crippen molar-refractivity contribution in [3.8, 4) is 0 Å². The fourth-order valence-electron chi connectivity index (χ4n) is 2.11. The van der Waals surface area contributed by atoms with Gasteiger partial charge < -0.3 is 16.4 Å². The van der Waals surface area contributed by atoms with Gasteiger partial charge in [0.05, 0.1) is 5.92 Å². The van der Waals surface area contributed by atoms with Gasteiger partial charge in [-0.3, -0.25) is 9.59 Å². The fraction of sp³-hybridized carbons (Fsp3) is 0.385. The largest absolute Gasteiger partial charge is 0.366 e. The van der Waals surface area contributed by atoms with Crippen LogP contribution >= 0.6 is 0 Å². The summed E-state index contributed by atoms with van der Waals surface area (Å²) in [4.78, 5) is 22.9. The van der Waals surface area contributed by atoms with Gasteiger partial charge in [-0.05, 0) is 36.7 Å². The Kier molecular flexibility index (Phi) is 3.62. The van der Waals surface area contributed by atoms with Gasteiger partial charge in [0.15, 0.2) is 0 Å². The third-order valence-electron chi connectivity index (χ3n) is 3.29. The number of rotatable bonds is 3. The van der Waals surface area contributed by atoms with Crippen LogP contribution in [0.3, 0.4) is 0 Å². The van der Waals surface area contributed by atoms with Crippen molar-refractivity contribution in [3.05, 3.63) is 29.8 Å². The molecule has 0 aromatic heterocycles. The molecule has 4 N–H and O–H groups in total. The number of carbonyl (C=O) groups excluding carboxylic acids is 2. The number of amides is 2. The molecule has 2 rings (SSSR count). The van der Waals surface area contributed by atoms with Gasteiger partial charge in [-0.1, -0.05) is 6.92 Å². The summed E-state index contributed by atoms with van der Waals surface area (Å²) in [6.07, 6.45) is 0. The van der Waals surface area contributed by atoms with E-state index in [1.165, 1.54) is 0 Å². The number of hydrogen-bond acceptors (Lipinski definition) is 3. The minimum Gasteiger partial charge on any atom is -0.366 e. The van der Waals surface area contributed by atoms with Gasteiger partial charge in [-0.2, -0.15) is 0 Å². The Balaban J connectivity index is 2.00. The van der Waals surface area contributed by atoms with Crippen LogP contribution in [0.2, 0.25) is 0 Å². The maximum absolute atomic E-state index is 12.0. The van der Waals surface area contributed by atoms with Crippen LogP contribution in [-0.2, 0) is 4.79 Å². The third-order valence-corrected chi connectivity index (χ3v) is 3.29. The Morgan fingerprint density at radius 2 is 1.94 bits per heavy atom. The Bertz CT molecular complexity index is 456. The molecule has 1 saturated heterocycles. The van der Waals surface area contributed by atoms with Gasteiger partial charge in [-0.15, -0.1) is 0 Å². The predicted molar refractivity (Wildman–Crippen MR) is 69.1 cm³/mol. The SMILES string of the molecule is CC1CNCC1C(=O)Nc1ccc(C(N)=O)cc1. The summed E-state index contributed by atoms with van der Waals surface area (Å²) in [6.45, 7) is 3.64. The van der Waals surface area contributed by atoms with Crippen LogP contribution in [0.4, 0.5) is 5.69 Å². The minimum atomic E-state index is -0.471. The van der Waals surface area contributed by atoms with E-state index < -0.39 is 5.91 Å². The van der Waals surface area contributed by atoms with Crippen molar-refractivity contribution in [2.24, 2.45) is 17.6 Å². The second-order valence-electron chi connectivity index (χ2n) is 4.67. The molecule has 2 atom stereocenters. The van der Waals surface area contributed by atoms with Gasteiger partial charge in [0.25, 0.3) is 0 Å². The average molecular weight is 247 g/mol. The smallest absolute Gasteiger partial charge is 0.248 e. The summed E-state index contributed by atoms with van der Waals surface area (Å²) < 4.78 is 0. The highest BCUT2D eigenvalue weighted by Gasteiger charge is 2.29. The molecule has 1 heterocycles. The number of nitrogens with one attached hydrogen (secondary N) is 2. The van der Waals surface area contributed by atoms with E-state index >= 15 is 0 Å². The lowest BCUT2D eigenvalue weighted by Crippen LogP contribution is -2.27. The lowest BCUT2D eigenvalue weighted by atomic mass is 9.97. The molecule has 18 heavy (non-hydrogen) atoms. The number of anilines is 1. The second-order valence-corrected chi connectivity index (χ2v) is 4.67. The topological polar surface area (TPSA) is 84.2 Å². The van der Waals surface area contributed by atoms with Crippen LogP contribution in [0, 0.1) is 11.8 Å². The maximum Gasteiger partial charge on any atom is 0.248 e. The summed E-state index contributed by atoms with van der Waals surface area (Å²) >= 11 is 0. The van der Waals surface area contributed by atoms with Crippen LogP contribution in [0.5, 0.6) is 0 Å². The first kappa shape index (κ1) is 12.6. The summed E-state index contributed by atoms with van der Waals surface area (Å²) in [5, 5.41) is 6.04.